The number of benzene rings is 2. The normalized spacial score (nSPS) is 16.7. The summed E-state index contributed by atoms with van der Waals surface area (Å²) < 4.78 is 1.83. The van der Waals surface area contributed by atoms with Gasteiger partial charge < -0.3 is 0 Å². The van der Waals surface area contributed by atoms with Gasteiger partial charge in [-0.15, -0.1) is 0 Å². The molecular weight excluding hydrogens is 446 g/mol. The fourth-order valence-electron chi connectivity index (χ4n) is 5.72. The Morgan fingerprint density at radius 3 is 2.44 bits per heavy atom. The molecule has 3 heterocycles. The summed E-state index contributed by atoms with van der Waals surface area (Å²) in [6.45, 7) is 6.64. The molecule has 1 saturated heterocycles. The Labute approximate surface area is 212 Å². The molecule has 1 aliphatic heterocycles. The van der Waals surface area contributed by atoms with Gasteiger partial charge in [0.15, 0.2) is 0 Å². The fourth-order valence-corrected chi connectivity index (χ4v) is 5.72. The van der Waals surface area contributed by atoms with Crippen molar-refractivity contribution >= 4 is 21.7 Å². The molecule has 0 bridgehead atoms. The van der Waals surface area contributed by atoms with Gasteiger partial charge in [0.2, 0.25) is 0 Å². The van der Waals surface area contributed by atoms with Crippen LogP contribution in [0.25, 0.3) is 21.7 Å². The average molecular weight is 480 g/mol. The Hall–Kier alpha value is -3.56. The SMILES string of the molecule is CCCC(CC)n1cnc2c(cc(CN3CCC(C#N)(c4ccccn4)CC3)c3ccccc32)c1=O. The summed E-state index contributed by atoms with van der Waals surface area (Å²) in [4.78, 5) is 25.3. The Morgan fingerprint density at radius 1 is 1.03 bits per heavy atom. The van der Waals surface area contributed by atoms with Crippen molar-refractivity contribution in [2.24, 2.45) is 0 Å². The summed E-state index contributed by atoms with van der Waals surface area (Å²) in [7, 11) is 0. The second-order valence-corrected chi connectivity index (χ2v) is 9.97. The number of hydrogen-bond donors (Lipinski definition) is 0. The second-order valence-electron chi connectivity index (χ2n) is 9.97. The number of aromatic nitrogens is 3. The van der Waals surface area contributed by atoms with E-state index in [0.29, 0.717) is 5.39 Å². The third kappa shape index (κ3) is 4.29. The molecule has 1 atom stereocenters. The predicted molar refractivity (Wildman–Crippen MR) is 144 cm³/mol. The Balaban J connectivity index is 1.50. The molecule has 1 aliphatic rings. The molecule has 0 aliphatic carbocycles. The number of likely N-dealkylation sites (tertiary alicyclic amines) is 1. The zero-order chi connectivity index (χ0) is 25.1. The van der Waals surface area contributed by atoms with E-state index in [1.165, 1.54) is 0 Å². The van der Waals surface area contributed by atoms with Crippen molar-refractivity contribution in [2.75, 3.05) is 13.1 Å². The van der Waals surface area contributed by atoms with Crippen LogP contribution in [0.4, 0.5) is 0 Å². The van der Waals surface area contributed by atoms with Crippen LogP contribution in [0.15, 0.2) is 65.8 Å². The van der Waals surface area contributed by atoms with Crippen molar-refractivity contribution in [2.45, 2.75) is 64.0 Å². The molecule has 4 aromatic rings. The maximum absolute atomic E-state index is 13.6. The molecule has 1 unspecified atom stereocenters. The van der Waals surface area contributed by atoms with Crippen LogP contribution in [0.2, 0.25) is 0 Å². The lowest BCUT2D eigenvalue weighted by Crippen LogP contribution is -2.42. The van der Waals surface area contributed by atoms with Crippen LogP contribution in [0.5, 0.6) is 0 Å². The number of hydrogen-bond acceptors (Lipinski definition) is 5. The van der Waals surface area contributed by atoms with Crippen LogP contribution in [-0.4, -0.2) is 32.5 Å². The Kier molecular flexibility index (Phi) is 6.84. The van der Waals surface area contributed by atoms with Gasteiger partial charge >= 0.3 is 0 Å². The third-order valence-corrected chi connectivity index (χ3v) is 7.84. The van der Waals surface area contributed by atoms with E-state index in [1.807, 2.05) is 34.9 Å². The lowest BCUT2D eigenvalue weighted by Gasteiger charge is -2.37. The molecule has 5 rings (SSSR count). The average Bonchev–Trinajstić information content (AvgIpc) is 2.93. The summed E-state index contributed by atoms with van der Waals surface area (Å²) in [6.07, 6.45) is 7.91. The number of piperidine rings is 1. The number of nitriles is 1. The first-order valence-corrected chi connectivity index (χ1v) is 13.1. The maximum Gasteiger partial charge on any atom is 0.261 e. The van der Waals surface area contributed by atoms with Gasteiger partial charge in [0, 0.05) is 37.3 Å². The molecule has 0 amide bonds. The summed E-state index contributed by atoms with van der Waals surface area (Å²) in [6, 6.07) is 18.9. The lowest BCUT2D eigenvalue weighted by atomic mass is 9.76. The van der Waals surface area contributed by atoms with E-state index in [0.717, 1.165) is 79.3 Å². The van der Waals surface area contributed by atoms with Gasteiger partial charge in [0.1, 0.15) is 5.41 Å². The van der Waals surface area contributed by atoms with Crippen molar-refractivity contribution in [1.82, 2.24) is 19.4 Å². The zero-order valence-corrected chi connectivity index (χ0v) is 21.2. The first-order chi connectivity index (χ1) is 17.6. The minimum Gasteiger partial charge on any atom is -0.299 e. The molecule has 0 N–H and O–H groups in total. The van der Waals surface area contributed by atoms with E-state index in [4.69, 9.17) is 4.98 Å². The highest BCUT2D eigenvalue weighted by Crippen LogP contribution is 2.35. The molecular formula is C30H33N5O. The number of fused-ring (bicyclic) bond motifs is 3. The lowest BCUT2D eigenvalue weighted by molar-refractivity contribution is 0.177. The molecule has 1 fully saturated rings. The van der Waals surface area contributed by atoms with Gasteiger partial charge in [0.05, 0.1) is 29.0 Å². The number of pyridine rings is 1. The summed E-state index contributed by atoms with van der Waals surface area (Å²) in [5.41, 5.74) is 2.30. The maximum atomic E-state index is 13.6. The number of rotatable bonds is 7. The van der Waals surface area contributed by atoms with Crippen LogP contribution in [0, 0.1) is 11.3 Å². The van der Waals surface area contributed by atoms with Crippen LogP contribution >= 0.6 is 0 Å². The van der Waals surface area contributed by atoms with E-state index in [1.54, 1.807) is 12.5 Å². The van der Waals surface area contributed by atoms with E-state index in [-0.39, 0.29) is 11.6 Å². The van der Waals surface area contributed by atoms with E-state index in [9.17, 15) is 10.1 Å². The largest absolute Gasteiger partial charge is 0.299 e. The van der Waals surface area contributed by atoms with Crippen LogP contribution in [0.1, 0.15) is 63.3 Å². The molecule has 6 nitrogen and oxygen atoms in total. The minimum absolute atomic E-state index is 0.0459. The quantitative estimate of drug-likeness (QED) is 0.315. The van der Waals surface area contributed by atoms with Crippen LogP contribution < -0.4 is 5.56 Å². The van der Waals surface area contributed by atoms with Crippen molar-refractivity contribution in [3.05, 3.63) is 82.7 Å². The summed E-state index contributed by atoms with van der Waals surface area (Å²) in [5.74, 6) is 0. The highest BCUT2D eigenvalue weighted by molar-refractivity contribution is 6.06. The second kappa shape index (κ2) is 10.2. The minimum atomic E-state index is -0.532. The molecule has 2 aromatic carbocycles. The van der Waals surface area contributed by atoms with E-state index < -0.39 is 5.41 Å². The van der Waals surface area contributed by atoms with Gasteiger partial charge in [-0.25, -0.2) is 4.98 Å². The monoisotopic (exact) mass is 479 g/mol. The van der Waals surface area contributed by atoms with E-state index >= 15 is 0 Å². The zero-order valence-electron chi connectivity index (χ0n) is 21.2. The first kappa shape index (κ1) is 24.1. The Morgan fingerprint density at radius 2 is 1.78 bits per heavy atom. The van der Waals surface area contributed by atoms with Crippen molar-refractivity contribution in [3.8, 4) is 6.07 Å². The summed E-state index contributed by atoms with van der Waals surface area (Å²) >= 11 is 0. The molecule has 0 saturated carbocycles. The van der Waals surface area contributed by atoms with Gasteiger partial charge in [-0.3, -0.25) is 19.2 Å². The molecule has 184 valence electrons. The molecule has 2 aromatic heterocycles. The first-order valence-electron chi connectivity index (χ1n) is 13.1. The van der Waals surface area contributed by atoms with Crippen LogP contribution in [0.3, 0.4) is 0 Å². The van der Waals surface area contributed by atoms with Crippen molar-refractivity contribution < 1.29 is 0 Å². The highest BCUT2D eigenvalue weighted by atomic mass is 16.1. The third-order valence-electron chi connectivity index (χ3n) is 7.84. The fraction of sp³-hybridized carbons (Fsp3) is 0.400. The number of nitrogens with zero attached hydrogens (tertiary/aromatic N) is 5. The predicted octanol–water partition coefficient (Wildman–Crippen LogP) is 5.75. The highest BCUT2D eigenvalue weighted by Gasteiger charge is 2.37. The van der Waals surface area contributed by atoms with Gasteiger partial charge in [-0.05, 0) is 54.8 Å². The molecule has 0 radical (unpaired) electrons. The molecule has 0 spiro atoms. The summed E-state index contributed by atoms with van der Waals surface area (Å²) in [5, 5.41) is 12.9. The van der Waals surface area contributed by atoms with E-state index in [2.05, 4.69) is 48.0 Å². The van der Waals surface area contributed by atoms with Gasteiger partial charge in [-0.2, -0.15) is 5.26 Å². The van der Waals surface area contributed by atoms with Crippen molar-refractivity contribution in [3.63, 3.8) is 0 Å². The van der Waals surface area contributed by atoms with Gasteiger partial charge in [0.25, 0.3) is 5.56 Å². The topological polar surface area (TPSA) is 74.8 Å². The Bertz CT molecular complexity index is 1460. The standard InChI is InChI=1S/C30H33N5O/c1-3-9-23(4-2)35-21-33-28-25-11-6-5-10-24(25)22(18-26(28)29(35)36)19-34-16-13-30(20-31,14-17-34)27-12-7-8-15-32-27/h5-8,10-12,15,18,21,23H,3-4,9,13-14,16-17,19H2,1-2H3. The smallest absolute Gasteiger partial charge is 0.261 e. The van der Waals surface area contributed by atoms with Crippen molar-refractivity contribution in [1.29, 1.82) is 5.26 Å². The van der Waals surface area contributed by atoms with Crippen LogP contribution in [-0.2, 0) is 12.0 Å². The molecule has 6 heteroatoms. The molecule has 36 heavy (non-hydrogen) atoms. The van der Waals surface area contributed by atoms with Gasteiger partial charge in [-0.1, -0.05) is 50.6 Å².